The highest BCUT2D eigenvalue weighted by molar-refractivity contribution is 5.93. The number of nitrogens with zero attached hydrogens (tertiary/aromatic N) is 1. The van der Waals surface area contributed by atoms with Crippen LogP contribution in [0.4, 0.5) is 5.69 Å². The van der Waals surface area contributed by atoms with Crippen molar-refractivity contribution in [3.63, 3.8) is 0 Å². The first-order chi connectivity index (χ1) is 11.6. The van der Waals surface area contributed by atoms with Crippen molar-refractivity contribution in [3.05, 3.63) is 29.8 Å². The SMILES string of the molecule is CCCOC(=O)c1ccc(NC(=O)CC(C)N2CCOCC2)cc1.Cl. The molecule has 0 saturated carbocycles. The zero-order chi connectivity index (χ0) is 17.4. The summed E-state index contributed by atoms with van der Waals surface area (Å²) in [5, 5.41) is 2.87. The third-order valence-corrected chi connectivity index (χ3v) is 3.99. The number of hydrogen-bond acceptors (Lipinski definition) is 5. The number of halogens is 1. The lowest BCUT2D eigenvalue weighted by Crippen LogP contribution is -2.43. The molecule has 1 aliphatic heterocycles. The number of nitrogens with one attached hydrogen (secondary N) is 1. The Morgan fingerprint density at radius 2 is 1.88 bits per heavy atom. The second kappa shape index (κ2) is 11.1. The third kappa shape index (κ3) is 7.02. The molecule has 1 N–H and O–H groups in total. The van der Waals surface area contributed by atoms with E-state index in [9.17, 15) is 9.59 Å². The number of hydrogen-bond donors (Lipinski definition) is 1. The minimum absolute atomic E-state index is 0. The van der Waals surface area contributed by atoms with Gasteiger partial charge in [0, 0.05) is 31.2 Å². The van der Waals surface area contributed by atoms with Crippen LogP contribution in [-0.2, 0) is 14.3 Å². The molecule has 6 nitrogen and oxygen atoms in total. The van der Waals surface area contributed by atoms with Crippen molar-refractivity contribution in [2.75, 3.05) is 38.2 Å². The van der Waals surface area contributed by atoms with E-state index in [4.69, 9.17) is 9.47 Å². The molecule has 1 heterocycles. The molecule has 0 spiro atoms. The molecular formula is C18H27ClN2O4. The second-order valence-corrected chi connectivity index (χ2v) is 5.96. The van der Waals surface area contributed by atoms with E-state index >= 15 is 0 Å². The van der Waals surface area contributed by atoms with Crippen LogP contribution in [0.1, 0.15) is 37.0 Å². The van der Waals surface area contributed by atoms with Gasteiger partial charge in [-0.1, -0.05) is 6.92 Å². The van der Waals surface area contributed by atoms with Crippen LogP contribution in [-0.4, -0.2) is 55.7 Å². The van der Waals surface area contributed by atoms with Crippen molar-refractivity contribution in [2.24, 2.45) is 0 Å². The molecular weight excluding hydrogens is 344 g/mol. The van der Waals surface area contributed by atoms with E-state index in [1.165, 1.54) is 0 Å². The molecule has 1 fully saturated rings. The van der Waals surface area contributed by atoms with Gasteiger partial charge in [-0.15, -0.1) is 12.4 Å². The first-order valence-corrected chi connectivity index (χ1v) is 8.49. The maximum Gasteiger partial charge on any atom is 0.338 e. The fourth-order valence-corrected chi connectivity index (χ4v) is 2.60. The van der Waals surface area contributed by atoms with Gasteiger partial charge in [0.2, 0.25) is 5.91 Å². The smallest absolute Gasteiger partial charge is 0.338 e. The predicted octanol–water partition coefficient (Wildman–Crippen LogP) is 2.72. The van der Waals surface area contributed by atoms with Gasteiger partial charge in [0.05, 0.1) is 25.4 Å². The number of carbonyl (C=O) groups excluding carboxylic acids is 2. The summed E-state index contributed by atoms with van der Waals surface area (Å²) in [6, 6.07) is 6.95. The number of morpholine rings is 1. The van der Waals surface area contributed by atoms with Gasteiger partial charge >= 0.3 is 5.97 Å². The molecule has 7 heteroatoms. The lowest BCUT2D eigenvalue weighted by molar-refractivity contribution is -0.117. The van der Waals surface area contributed by atoms with E-state index in [-0.39, 0.29) is 30.3 Å². The summed E-state index contributed by atoms with van der Waals surface area (Å²) >= 11 is 0. The number of amides is 1. The van der Waals surface area contributed by atoms with Crippen molar-refractivity contribution in [1.82, 2.24) is 4.90 Å². The van der Waals surface area contributed by atoms with Gasteiger partial charge in [0.25, 0.3) is 0 Å². The van der Waals surface area contributed by atoms with Crippen molar-refractivity contribution in [3.8, 4) is 0 Å². The van der Waals surface area contributed by atoms with Gasteiger partial charge in [-0.05, 0) is 37.6 Å². The molecule has 25 heavy (non-hydrogen) atoms. The highest BCUT2D eigenvalue weighted by atomic mass is 35.5. The molecule has 1 unspecified atom stereocenters. The number of benzene rings is 1. The second-order valence-electron chi connectivity index (χ2n) is 5.96. The number of rotatable bonds is 7. The topological polar surface area (TPSA) is 67.9 Å². The van der Waals surface area contributed by atoms with Crippen molar-refractivity contribution < 1.29 is 19.1 Å². The van der Waals surface area contributed by atoms with Crippen LogP contribution in [0.3, 0.4) is 0 Å². The molecule has 0 bridgehead atoms. The molecule has 0 aliphatic carbocycles. The number of carbonyl (C=O) groups is 2. The summed E-state index contributed by atoms with van der Waals surface area (Å²) in [4.78, 5) is 26.2. The molecule has 1 aromatic carbocycles. The molecule has 2 rings (SSSR count). The highest BCUT2D eigenvalue weighted by Gasteiger charge is 2.19. The van der Waals surface area contributed by atoms with E-state index in [0.717, 1.165) is 32.7 Å². The van der Waals surface area contributed by atoms with E-state index in [1.807, 2.05) is 6.92 Å². The van der Waals surface area contributed by atoms with Gasteiger partial charge in [0.15, 0.2) is 0 Å². The molecule has 1 atom stereocenters. The minimum atomic E-state index is -0.337. The van der Waals surface area contributed by atoms with E-state index < -0.39 is 0 Å². The first kappa shape index (κ1) is 21.4. The summed E-state index contributed by atoms with van der Waals surface area (Å²) in [6.45, 7) is 7.59. The van der Waals surface area contributed by atoms with Crippen LogP contribution >= 0.6 is 12.4 Å². The van der Waals surface area contributed by atoms with Gasteiger partial charge in [-0.2, -0.15) is 0 Å². The van der Waals surface area contributed by atoms with Crippen molar-refractivity contribution >= 4 is 30.0 Å². The Hall–Kier alpha value is -1.63. The van der Waals surface area contributed by atoms with E-state index in [0.29, 0.717) is 24.3 Å². The van der Waals surface area contributed by atoms with Crippen LogP contribution in [0.25, 0.3) is 0 Å². The Labute approximate surface area is 155 Å². The third-order valence-electron chi connectivity index (χ3n) is 3.99. The van der Waals surface area contributed by atoms with E-state index in [2.05, 4.69) is 17.1 Å². The Bertz CT molecular complexity index is 545. The molecule has 1 aromatic rings. The van der Waals surface area contributed by atoms with Gasteiger partial charge in [0.1, 0.15) is 0 Å². The Balaban J connectivity index is 0.00000312. The monoisotopic (exact) mass is 370 g/mol. The van der Waals surface area contributed by atoms with Crippen molar-refractivity contribution in [1.29, 1.82) is 0 Å². The summed E-state index contributed by atoms with van der Waals surface area (Å²) in [7, 11) is 0. The summed E-state index contributed by atoms with van der Waals surface area (Å²) in [6.07, 6.45) is 1.22. The maximum atomic E-state index is 12.2. The summed E-state index contributed by atoms with van der Waals surface area (Å²) < 4.78 is 10.4. The number of esters is 1. The lowest BCUT2D eigenvalue weighted by Gasteiger charge is -2.31. The van der Waals surface area contributed by atoms with Crippen LogP contribution in [0.15, 0.2) is 24.3 Å². The molecule has 1 aliphatic rings. The fraction of sp³-hybridized carbons (Fsp3) is 0.556. The largest absolute Gasteiger partial charge is 0.462 e. The lowest BCUT2D eigenvalue weighted by atomic mass is 10.1. The van der Waals surface area contributed by atoms with Gasteiger partial charge < -0.3 is 14.8 Å². The fourth-order valence-electron chi connectivity index (χ4n) is 2.60. The van der Waals surface area contributed by atoms with Crippen LogP contribution in [0.5, 0.6) is 0 Å². The van der Waals surface area contributed by atoms with Crippen LogP contribution in [0.2, 0.25) is 0 Å². The summed E-state index contributed by atoms with van der Waals surface area (Å²) in [5.74, 6) is -0.369. The zero-order valence-electron chi connectivity index (χ0n) is 14.8. The normalized spacial score (nSPS) is 15.8. The molecule has 140 valence electrons. The minimum Gasteiger partial charge on any atom is -0.462 e. The molecule has 1 amide bonds. The standard InChI is InChI=1S/C18H26N2O4.ClH/c1-3-10-24-18(22)15-4-6-16(7-5-15)19-17(21)13-14(2)20-8-11-23-12-9-20;/h4-7,14H,3,8-13H2,1-2H3,(H,19,21);1H. The average molecular weight is 371 g/mol. The molecule has 1 saturated heterocycles. The average Bonchev–Trinajstić information content (AvgIpc) is 2.61. The Morgan fingerprint density at radius 3 is 2.48 bits per heavy atom. The number of anilines is 1. The quantitative estimate of drug-likeness (QED) is 0.747. The van der Waals surface area contributed by atoms with E-state index in [1.54, 1.807) is 24.3 Å². The predicted molar refractivity (Wildman–Crippen MR) is 99.4 cm³/mol. The van der Waals surface area contributed by atoms with Crippen LogP contribution in [0, 0.1) is 0 Å². The van der Waals surface area contributed by atoms with Gasteiger partial charge in [-0.3, -0.25) is 9.69 Å². The maximum absolute atomic E-state index is 12.2. The van der Waals surface area contributed by atoms with Gasteiger partial charge in [-0.25, -0.2) is 4.79 Å². The Kier molecular flexibility index (Phi) is 9.49. The number of ether oxygens (including phenoxy) is 2. The molecule has 0 aromatic heterocycles. The highest BCUT2D eigenvalue weighted by Crippen LogP contribution is 2.13. The zero-order valence-corrected chi connectivity index (χ0v) is 15.6. The summed E-state index contributed by atoms with van der Waals surface area (Å²) in [5.41, 5.74) is 1.17. The molecule has 0 radical (unpaired) electrons. The first-order valence-electron chi connectivity index (χ1n) is 8.49. The Morgan fingerprint density at radius 1 is 1.24 bits per heavy atom. The van der Waals surface area contributed by atoms with Crippen LogP contribution < -0.4 is 5.32 Å². The van der Waals surface area contributed by atoms with Crippen molar-refractivity contribution in [2.45, 2.75) is 32.7 Å².